The first-order valence-corrected chi connectivity index (χ1v) is 22.5. The van der Waals surface area contributed by atoms with Crippen LogP contribution in [0.1, 0.15) is 76.7 Å². The Morgan fingerprint density at radius 3 is 2.23 bits per heavy atom. The van der Waals surface area contributed by atoms with Gasteiger partial charge in [-0.05, 0) is 85.2 Å². The SMILES string of the molecule is COCC[N+](CCCS(=O)(=O)[O-])=c1ccc2c(C(C)(C)C)cc(/C=C/C=C3/N(CCCS(=O)(=O)[O-])c4ccc(S(=O)(=O)[O-])cc4C3(C)CCCC(=O)O)oc-2c1. The molecule has 1 aliphatic carbocycles. The number of fused-ring (bicyclic) bond motifs is 2. The Balaban J connectivity index is 1.88. The van der Waals surface area contributed by atoms with E-state index >= 15 is 0 Å². The molecule has 3 aliphatic rings. The normalized spacial score (nSPS) is 17.9. The van der Waals surface area contributed by atoms with Crippen LogP contribution in [-0.2, 0) is 50.7 Å². The molecule has 1 N–H and O–H groups in total. The lowest BCUT2D eigenvalue weighted by Gasteiger charge is -2.30. The molecule has 0 bridgehead atoms. The fraction of sp³-hybridized carbons (Fsp3) is 0.474. The van der Waals surface area contributed by atoms with Gasteiger partial charge in [0.15, 0.2) is 6.54 Å². The zero-order valence-electron chi connectivity index (χ0n) is 32.0. The molecule has 0 amide bonds. The van der Waals surface area contributed by atoms with Crippen molar-refractivity contribution in [2.75, 3.05) is 49.8 Å². The van der Waals surface area contributed by atoms with Gasteiger partial charge in [-0.15, -0.1) is 0 Å². The highest BCUT2D eigenvalue weighted by Gasteiger charge is 2.43. The molecule has 0 saturated carbocycles. The van der Waals surface area contributed by atoms with E-state index in [1.807, 2.05) is 49.6 Å². The number of methoxy groups -OCH3 is 1. The number of ether oxygens (including phenoxy) is 1. The van der Waals surface area contributed by atoms with Crippen LogP contribution in [0.15, 0.2) is 69.6 Å². The molecule has 308 valence electrons. The Labute approximate surface area is 328 Å². The van der Waals surface area contributed by atoms with E-state index in [1.54, 1.807) is 37.2 Å². The molecule has 1 aromatic rings. The highest BCUT2D eigenvalue weighted by atomic mass is 32.2. The van der Waals surface area contributed by atoms with Crippen molar-refractivity contribution in [1.29, 1.82) is 0 Å². The van der Waals surface area contributed by atoms with E-state index in [9.17, 15) is 48.8 Å². The minimum absolute atomic E-state index is 0.0454. The van der Waals surface area contributed by atoms with Gasteiger partial charge < -0.3 is 32.8 Å². The molecule has 56 heavy (non-hydrogen) atoms. The van der Waals surface area contributed by atoms with Crippen LogP contribution in [0.25, 0.3) is 17.4 Å². The van der Waals surface area contributed by atoms with Gasteiger partial charge in [0.25, 0.3) is 0 Å². The maximum atomic E-state index is 12.1. The van der Waals surface area contributed by atoms with Crippen LogP contribution in [0.5, 0.6) is 0 Å². The third kappa shape index (κ3) is 11.8. The summed E-state index contributed by atoms with van der Waals surface area (Å²) in [6.07, 6.45) is 5.43. The zero-order valence-corrected chi connectivity index (χ0v) is 34.5. The van der Waals surface area contributed by atoms with E-state index in [4.69, 9.17) is 9.15 Å². The van der Waals surface area contributed by atoms with Gasteiger partial charge >= 0.3 is 5.97 Å². The lowest BCUT2D eigenvalue weighted by atomic mass is 9.77. The van der Waals surface area contributed by atoms with Crippen LogP contribution in [-0.4, -0.2) is 94.8 Å². The van der Waals surface area contributed by atoms with Crippen LogP contribution in [0, 0.1) is 0 Å². The second-order valence-electron chi connectivity index (χ2n) is 15.0. The summed E-state index contributed by atoms with van der Waals surface area (Å²) in [5.41, 5.74) is 1.91. The lowest BCUT2D eigenvalue weighted by molar-refractivity contribution is -0.137. The van der Waals surface area contributed by atoms with E-state index in [2.05, 4.69) is 0 Å². The number of anilines is 1. The Bertz CT molecular complexity index is 2360. The van der Waals surface area contributed by atoms with Crippen molar-refractivity contribution in [3.8, 4) is 11.3 Å². The summed E-state index contributed by atoms with van der Waals surface area (Å²) in [7, 11) is -12.3. The van der Waals surface area contributed by atoms with Gasteiger partial charge in [0, 0.05) is 66.4 Å². The minimum atomic E-state index is -4.87. The quantitative estimate of drug-likeness (QED) is 0.142. The van der Waals surface area contributed by atoms with Gasteiger partial charge in [-0.2, -0.15) is 0 Å². The Morgan fingerprint density at radius 2 is 1.62 bits per heavy atom. The minimum Gasteiger partial charge on any atom is -0.748 e. The fourth-order valence-electron chi connectivity index (χ4n) is 7.02. The molecule has 4 rings (SSSR count). The summed E-state index contributed by atoms with van der Waals surface area (Å²) in [6, 6.07) is 11.4. The average molecular weight is 837 g/mol. The molecule has 0 radical (unpaired) electrons. The standard InChI is InChI=1S/C38H50N2O13S3/c1-37(2,3)31-25-28(53-34-24-27(13-15-30(31)34)39(20-21-52-5)18-8-22-54(43,44)45)10-6-11-35-38(4,17-7-12-36(41)42)32-26-29(56(49,50)51)14-16-33(32)40(35)19-9-23-55(46,47)48/h6,10-11,13-16,24-26H,7-9,12,17-23H2,1-5H3,(H3-,41,42,43,44,45,46,47,48,49,50,51)/p-2. The summed E-state index contributed by atoms with van der Waals surface area (Å²) in [5, 5.41) is 10.1. The van der Waals surface area contributed by atoms with E-state index in [0.29, 0.717) is 41.6 Å². The largest absolute Gasteiger partial charge is 0.748 e. The predicted molar refractivity (Wildman–Crippen MR) is 207 cm³/mol. The third-order valence-corrected chi connectivity index (χ3v) is 12.1. The molecule has 18 heteroatoms. The summed E-state index contributed by atoms with van der Waals surface area (Å²) in [5.74, 6) is -1.22. The second-order valence-corrected chi connectivity index (χ2v) is 19.4. The first-order chi connectivity index (χ1) is 25.9. The van der Waals surface area contributed by atoms with E-state index < -0.39 is 58.1 Å². The number of rotatable bonds is 18. The molecule has 0 saturated heterocycles. The maximum Gasteiger partial charge on any atom is 0.303 e. The molecule has 2 aliphatic heterocycles. The molecular formula is C38H48N2O13S3-2. The first kappa shape index (κ1) is 44.8. The van der Waals surface area contributed by atoms with Gasteiger partial charge in [-0.3, -0.25) is 4.79 Å². The maximum absolute atomic E-state index is 12.1. The van der Waals surface area contributed by atoms with E-state index in [-0.39, 0.29) is 50.6 Å². The summed E-state index contributed by atoms with van der Waals surface area (Å²) in [6.45, 7) is 9.04. The number of nitrogens with zero attached hydrogens (tertiary/aromatic N) is 2. The third-order valence-electron chi connectivity index (χ3n) is 9.69. The number of hydrogen-bond donors (Lipinski definition) is 1. The van der Waals surface area contributed by atoms with E-state index in [1.165, 1.54) is 12.1 Å². The van der Waals surface area contributed by atoms with Crippen molar-refractivity contribution < 1.29 is 58.0 Å². The molecule has 1 atom stereocenters. The number of benzene rings is 2. The highest BCUT2D eigenvalue weighted by Crippen LogP contribution is 2.51. The molecule has 0 spiro atoms. The van der Waals surface area contributed by atoms with Gasteiger partial charge in [0.05, 0.1) is 31.2 Å². The van der Waals surface area contributed by atoms with Crippen molar-refractivity contribution in [1.82, 2.24) is 4.58 Å². The van der Waals surface area contributed by atoms with Crippen molar-refractivity contribution in [2.24, 2.45) is 0 Å². The molecule has 1 unspecified atom stereocenters. The summed E-state index contributed by atoms with van der Waals surface area (Å²) >= 11 is 0. The smallest absolute Gasteiger partial charge is 0.303 e. The molecule has 0 aromatic heterocycles. The Hall–Kier alpha value is -3.91. The topological polar surface area (TPSA) is 238 Å². The number of aliphatic carboxylic acids is 1. The van der Waals surface area contributed by atoms with Crippen molar-refractivity contribution in [3.63, 3.8) is 0 Å². The van der Waals surface area contributed by atoms with Gasteiger partial charge in [0.1, 0.15) is 34.8 Å². The Morgan fingerprint density at radius 1 is 0.946 bits per heavy atom. The summed E-state index contributed by atoms with van der Waals surface area (Å²) < 4.78 is 118. The first-order valence-electron chi connectivity index (χ1n) is 17.9. The fourth-order valence-corrected chi connectivity index (χ4v) is 8.48. The molecule has 2 heterocycles. The molecule has 1 aromatic carbocycles. The monoisotopic (exact) mass is 836 g/mol. The number of carboxylic acid groups (broad SMARTS) is 1. The predicted octanol–water partition coefficient (Wildman–Crippen LogP) is 3.81. The van der Waals surface area contributed by atoms with Gasteiger partial charge in [0.2, 0.25) is 5.36 Å². The van der Waals surface area contributed by atoms with Crippen LogP contribution < -0.4 is 14.8 Å². The van der Waals surface area contributed by atoms with Gasteiger partial charge in [-0.25, -0.2) is 29.8 Å². The zero-order chi connectivity index (χ0) is 41.7. The van der Waals surface area contributed by atoms with Crippen LogP contribution in [0.2, 0.25) is 0 Å². The Kier molecular flexibility index (Phi) is 14.2. The number of hydrogen-bond acceptors (Lipinski definition) is 13. The average Bonchev–Trinajstić information content (AvgIpc) is 3.29. The number of allylic oxidation sites excluding steroid dienone is 3. The number of carboxylic acids is 1. The van der Waals surface area contributed by atoms with Crippen molar-refractivity contribution >= 4 is 48.1 Å². The molecular weight excluding hydrogens is 789 g/mol. The van der Waals surface area contributed by atoms with Crippen LogP contribution in [0.3, 0.4) is 0 Å². The second kappa shape index (κ2) is 17.7. The highest BCUT2D eigenvalue weighted by molar-refractivity contribution is 7.86. The lowest BCUT2D eigenvalue weighted by Crippen LogP contribution is -2.34. The van der Waals surface area contributed by atoms with Gasteiger partial charge in [-0.1, -0.05) is 26.8 Å². The van der Waals surface area contributed by atoms with Crippen LogP contribution >= 0.6 is 0 Å². The van der Waals surface area contributed by atoms with Crippen molar-refractivity contribution in [3.05, 3.63) is 82.6 Å². The van der Waals surface area contributed by atoms with Crippen LogP contribution in [0.4, 0.5) is 5.69 Å². The van der Waals surface area contributed by atoms with Crippen molar-refractivity contribution in [2.45, 2.75) is 75.5 Å². The summed E-state index contributed by atoms with van der Waals surface area (Å²) in [4.78, 5) is 12.8. The molecule has 15 nitrogen and oxygen atoms in total. The number of carbonyl (C=O) groups is 1. The van der Waals surface area contributed by atoms with E-state index in [0.717, 1.165) is 22.6 Å². The molecule has 0 fully saturated rings.